The number of anilines is 1. The Hall–Kier alpha value is -2.05. The zero-order chi connectivity index (χ0) is 15.1. The minimum Gasteiger partial charge on any atom is -0.368 e. The highest BCUT2D eigenvalue weighted by Gasteiger charge is 2.15. The molecule has 0 aliphatic heterocycles. The minimum absolute atomic E-state index is 0.131. The molecule has 3 aromatic rings. The molecule has 0 aliphatic carbocycles. The predicted molar refractivity (Wildman–Crippen MR) is 82.0 cm³/mol. The summed E-state index contributed by atoms with van der Waals surface area (Å²) in [5.41, 5.74) is 7.04. The lowest BCUT2D eigenvalue weighted by Crippen LogP contribution is -2.22. The van der Waals surface area contributed by atoms with E-state index in [1.165, 1.54) is 4.52 Å². The van der Waals surface area contributed by atoms with Gasteiger partial charge in [-0.05, 0) is 24.6 Å². The summed E-state index contributed by atoms with van der Waals surface area (Å²) in [5.74, 6) is 0.371. The van der Waals surface area contributed by atoms with Crippen molar-refractivity contribution in [1.29, 1.82) is 0 Å². The molecule has 0 spiro atoms. The van der Waals surface area contributed by atoms with Gasteiger partial charge in [0.25, 0.3) is 11.3 Å². The molecular formula is C13H11Cl2N5O. The SMILES string of the molecule is Cc1nc2nc(N)[nH]n2c(=O)c1Cc1c(Cl)cccc1Cl. The number of benzene rings is 1. The second-order valence-corrected chi connectivity index (χ2v) is 5.42. The Bertz CT molecular complexity index is 879. The maximum Gasteiger partial charge on any atom is 0.277 e. The van der Waals surface area contributed by atoms with Gasteiger partial charge in [-0.25, -0.2) is 4.98 Å². The molecule has 3 rings (SSSR count). The lowest BCUT2D eigenvalue weighted by Gasteiger charge is -2.08. The van der Waals surface area contributed by atoms with E-state index in [0.29, 0.717) is 26.9 Å². The fourth-order valence-electron chi connectivity index (χ4n) is 2.15. The molecule has 0 saturated carbocycles. The number of nitrogens with one attached hydrogen (secondary N) is 1. The maximum absolute atomic E-state index is 12.5. The lowest BCUT2D eigenvalue weighted by atomic mass is 10.0. The van der Waals surface area contributed by atoms with Gasteiger partial charge >= 0.3 is 0 Å². The van der Waals surface area contributed by atoms with Crippen molar-refractivity contribution in [3.63, 3.8) is 0 Å². The molecule has 21 heavy (non-hydrogen) atoms. The molecule has 2 heterocycles. The first-order valence-corrected chi connectivity index (χ1v) is 6.89. The molecule has 3 N–H and O–H groups in total. The number of nitrogens with two attached hydrogens (primary N) is 1. The summed E-state index contributed by atoms with van der Waals surface area (Å²) >= 11 is 12.3. The number of halogens is 2. The summed E-state index contributed by atoms with van der Waals surface area (Å²) in [6.07, 6.45) is 0.290. The summed E-state index contributed by atoms with van der Waals surface area (Å²) in [6.45, 7) is 1.74. The van der Waals surface area contributed by atoms with E-state index in [-0.39, 0.29) is 23.7 Å². The van der Waals surface area contributed by atoms with Crippen LogP contribution in [0.25, 0.3) is 5.78 Å². The Morgan fingerprint density at radius 3 is 2.57 bits per heavy atom. The van der Waals surface area contributed by atoms with E-state index in [9.17, 15) is 4.79 Å². The summed E-state index contributed by atoms with van der Waals surface area (Å²) < 4.78 is 1.21. The van der Waals surface area contributed by atoms with Crippen LogP contribution in [0.5, 0.6) is 0 Å². The smallest absolute Gasteiger partial charge is 0.277 e. The average Bonchev–Trinajstić information content (AvgIpc) is 2.78. The maximum atomic E-state index is 12.5. The molecule has 0 radical (unpaired) electrons. The molecule has 6 nitrogen and oxygen atoms in total. The number of hydrogen-bond acceptors (Lipinski definition) is 4. The van der Waals surface area contributed by atoms with Gasteiger partial charge in [0, 0.05) is 22.0 Å². The Balaban J connectivity index is 2.19. The largest absolute Gasteiger partial charge is 0.368 e. The highest BCUT2D eigenvalue weighted by atomic mass is 35.5. The van der Waals surface area contributed by atoms with Crippen molar-refractivity contribution in [2.75, 3.05) is 5.73 Å². The number of nitrogens with zero attached hydrogens (tertiary/aromatic N) is 3. The second kappa shape index (κ2) is 5.05. The van der Waals surface area contributed by atoms with E-state index in [0.717, 1.165) is 0 Å². The molecule has 0 fully saturated rings. The van der Waals surface area contributed by atoms with E-state index in [1.807, 2.05) is 0 Å². The molecule has 0 unspecified atom stereocenters. The van der Waals surface area contributed by atoms with Crippen LogP contribution in [-0.2, 0) is 6.42 Å². The molecule has 108 valence electrons. The molecule has 0 aliphatic rings. The van der Waals surface area contributed by atoms with Gasteiger partial charge in [0.1, 0.15) is 0 Å². The van der Waals surface area contributed by atoms with Gasteiger partial charge in [-0.1, -0.05) is 29.3 Å². The van der Waals surface area contributed by atoms with Gasteiger partial charge in [-0.15, -0.1) is 0 Å². The van der Waals surface area contributed by atoms with Crippen LogP contribution in [0.4, 0.5) is 5.95 Å². The summed E-state index contributed by atoms with van der Waals surface area (Å²) in [5, 5.41) is 3.67. The average molecular weight is 324 g/mol. The Morgan fingerprint density at radius 1 is 1.24 bits per heavy atom. The van der Waals surface area contributed by atoms with Crippen molar-refractivity contribution >= 4 is 34.9 Å². The van der Waals surface area contributed by atoms with Crippen LogP contribution in [0.1, 0.15) is 16.8 Å². The fraction of sp³-hybridized carbons (Fsp3) is 0.154. The van der Waals surface area contributed by atoms with Crippen molar-refractivity contribution in [1.82, 2.24) is 19.6 Å². The zero-order valence-corrected chi connectivity index (χ0v) is 12.5. The van der Waals surface area contributed by atoms with Crippen LogP contribution in [0.2, 0.25) is 10.0 Å². The van der Waals surface area contributed by atoms with Crippen molar-refractivity contribution in [3.8, 4) is 0 Å². The first-order chi connectivity index (χ1) is 9.97. The summed E-state index contributed by atoms with van der Waals surface area (Å²) in [6, 6.07) is 5.22. The monoisotopic (exact) mass is 323 g/mol. The number of hydrogen-bond donors (Lipinski definition) is 2. The van der Waals surface area contributed by atoms with Gasteiger partial charge in [0.15, 0.2) is 0 Å². The highest BCUT2D eigenvalue weighted by Crippen LogP contribution is 2.26. The Kier molecular flexibility index (Phi) is 3.35. The predicted octanol–water partition coefficient (Wildman–Crippen LogP) is 2.21. The first-order valence-electron chi connectivity index (χ1n) is 6.14. The highest BCUT2D eigenvalue weighted by molar-refractivity contribution is 6.36. The number of aromatic amines is 1. The lowest BCUT2D eigenvalue weighted by molar-refractivity contribution is 0.861. The topological polar surface area (TPSA) is 89.1 Å². The molecule has 1 aromatic carbocycles. The third kappa shape index (κ3) is 2.36. The summed E-state index contributed by atoms with van der Waals surface area (Å²) in [4.78, 5) is 20.7. The Morgan fingerprint density at radius 2 is 1.90 bits per heavy atom. The third-order valence-corrected chi connectivity index (χ3v) is 3.94. The number of H-pyrrole nitrogens is 1. The molecule has 0 atom stereocenters. The molecule has 8 heteroatoms. The minimum atomic E-state index is -0.266. The first kappa shape index (κ1) is 13.9. The number of aromatic nitrogens is 4. The van der Waals surface area contributed by atoms with E-state index in [1.54, 1.807) is 25.1 Å². The standard InChI is InChI=1S/C13H11Cl2N5O/c1-6-7(5-8-9(14)3-2-4-10(8)15)11(21)20-13(17-6)18-12(16)19-20/h2-4H,5H2,1H3,(H3,16,17,18,19). The van der Waals surface area contributed by atoms with Gasteiger partial charge in [0.05, 0.1) is 5.69 Å². The third-order valence-electron chi connectivity index (χ3n) is 3.23. The van der Waals surface area contributed by atoms with Gasteiger partial charge in [0.2, 0.25) is 5.95 Å². The number of fused-ring (bicyclic) bond motifs is 1. The molecule has 0 bridgehead atoms. The number of aryl methyl sites for hydroxylation is 1. The van der Waals surface area contributed by atoms with E-state index < -0.39 is 0 Å². The van der Waals surface area contributed by atoms with Gasteiger partial charge in [-0.3, -0.25) is 9.89 Å². The fourth-order valence-corrected chi connectivity index (χ4v) is 2.68. The van der Waals surface area contributed by atoms with Crippen molar-refractivity contribution in [3.05, 3.63) is 55.4 Å². The quantitative estimate of drug-likeness (QED) is 0.756. The molecular weight excluding hydrogens is 313 g/mol. The van der Waals surface area contributed by atoms with Crippen LogP contribution in [0.15, 0.2) is 23.0 Å². The summed E-state index contributed by atoms with van der Waals surface area (Å²) in [7, 11) is 0. The molecule has 0 amide bonds. The van der Waals surface area contributed by atoms with Crippen LogP contribution < -0.4 is 11.3 Å². The molecule has 0 saturated heterocycles. The van der Waals surface area contributed by atoms with Gasteiger partial charge in [-0.2, -0.15) is 9.50 Å². The van der Waals surface area contributed by atoms with E-state index in [2.05, 4.69) is 15.1 Å². The van der Waals surface area contributed by atoms with Crippen molar-refractivity contribution in [2.45, 2.75) is 13.3 Å². The normalized spacial score (nSPS) is 11.2. The van der Waals surface area contributed by atoms with Crippen LogP contribution in [0.3, 0.4) is 0 Å². The van der Waals surface area contributed by atoms with E-state index >= 15 is 0 Å². The molecule has 2 aromatic heterocycles. The van der Waals surface area contributed by atoms with Gasteiger partial charge < -0.3 is 5.73 Å². The van der Waals surface area contributed by atoms with Crippen LogP contribution >= 0.6 is 23.2 Å². The van der Waals surface area contributed by atoms with Crippen LogP contribution in [0, 0.1) is 6.92 Å². The second-order valence-electron chi connectivity index (χ2n) is 4.60. The van der Waals surface area contributed by atoms with Crippen LogP contribution in [-0.4, -0.2) is 19.6 Å². The Labute approximate surface area is 129 Å². The number of nitrogen functional groups attached to an aromatic ring is 1. The zero-order valence-electron chi connectivity index (χ0n) is 11.0. The van der Waals surface area contributed by atoms with Crippen molar-refractivity contribution < 1.29 is 0 Å². The van der Waals surface area contributed by atoms with E-state index in [4.69, 9.17) is 28.9 Å². The number of rotatable bonds is 2. The van der Waals surface area contributed by atoms with Crippen molar-refractivity contribution in [2.24, 2.45) is 0 Å².